The van der Waals surface area contributed by atoms with E-state index in [0.29, 0.717) is 12.8 Å². The van der Waals surface area contributed by atoms with Crippen LogP contribution in [0.3, 0.4) is 0 Å². The summed E-state index contributed by atoms with van der Waals surface area (Å²) in [6.07, 6.45) is 11.1. The number of allylic oxidation sites excluding steroid dienone is 3. The summed E-state index contributed by atoms with van der Waals surface area (Å²) in [6.45, 7) is 8.39. The van der Waals surface area contributed by atoms with E-state index in [1.165, 1.54) is 10.5 Å². The first-order valence-corrected chi connectivity index (χ1v) is 16.2. The number of alkyl carbamates (subject to hydrolysis) is 1. The second kappa shape index (κ2) is 13.2. The van der Waals surface area contributed by atoms with E-state index in [9.17, 15) is 19.2 Å². The molecule has 238 valence electrons. The zero-order valence-corrected chi connectivity index (χ0v) is 26.5. The number of likely N-dealkylation sites (tertiary alicyclic amines) is 1. The number of ether oxygens (including phenoxy) is 2. The summed E-state index contributed by atoms with van der Waals surface area (Å²) >= 11 is 0. The number of nitrogens with one attached hydrogen (secondary N) is 2. The van der Waals surface area contributed by atoms with Crippen molar-refractivity contribution in [2.24, 2.45) is 22.7 Å². The molecule has 44 heavy (non-hydrogen) atoms. The maximum absolute atomic E-state index is 13.5. The number of hydrogen-bond donors (Lipinski definition) is 2. The van der Waals surface area contributed by atoms with Gasteiger partial charge in [-0.1, -0.05) is 82.2 Å². The largest absolute Gasteiger partial charge is 0.446 e. The Labute approximate surface area is 260 Å². The van der Waals surface area contributed by atoms with Crippen LogP contribution in [0, 0.1) is 22.7 Å². The maximum atomic E-state index is 13.5. The number of nitrogens with zero attached hydrogens (tertiary/aromatic N) is 1. The van der Waals surface area contributed by atoms with Crippen LogP contribution in [0.4, 0.5) is 9.59 Å². The zero-order chi connectivity index (χ0) is 31.5. The fourth-order valence-corrected chi connectivity index (χ4v) is 6.97. The lowest BCUT2D eigenvalue weighted by molar-refractivity contribution is -0.131. The number of hydrogen-bond acceptors (Lipinski definition) is 6. The molecule has 2 saturated carbocycles. The smallest absolute Gasteiger partial charge is 0.416 e. The first-order chi connectivity index (χ1) is 21.1. The van der Waals surface area contributed by atoms with Gasteiger partial charge in [0.15, 0.2) is 0 Å². The van der Waals surface area contributed by atoms with Crippen molar-refractivity contribution in [2.45, 2.75) is 104 Å². The molecule has 1 aromatic rings. The highest BCUT2D eigenvalue weighted by Crippen LogP contribution is 2.53. The lowest BCUT2D eigenvalue weighted by Crippen LogP contribution is -2.50. The maximum Gasteiger partial charge on any atom is 0.416 e. The Balaban J connectivity index is 1.16. The van der Waals surface area contributed by atoms with Crippen LogP contribution in [0.15, 0.2) is 54.1 Å². The molecule has 5 rings (SSSR count). The Morgan fingerprint density at radius 1 is 1.11 bits per heavy atom. The highest BCUT2D eigenvalue weighted by molar-refractivity contribution is 5.96. The van der Waals surface area contributed by atoms with Crippen molar-refractivity contribution in [3.05, 3.63) is 59.7 Å². The van der Waals surface area contributed by atoms with Crippen LogP contribution < -0.4 is 10.6 Å². The van der Waals surface area contributed by atoms with E-state index < -0.39 is 35.0 Å². The number of imide groups is 1. The van der Waals surface area contributed by atoms with E-state index in [1.54, 1.807) is 0 Å². The van der Waals surface area contributed by atoms with Crippen LogP contribution in [0.25, 0.3) is 0 Å². The minimum atomic E-state index is -0.650. The molecule has 1 heterocycles. The molecule has 3 fully saturated rings. The Morgan fingerprint density at radius 2 is 1.86 bits per heavy atom. The molecular weight excluding hydrogens is 558 g/mol. The summed E-state index contributed by atoms with van der Waals surface area (Å²) in [5, 5.41) is 6.26. The summed E-state index contributed by atoms with van der Waals surface area (Å²) in [4.78, 5) is 54.1. The van der Waals surface area contributed by atoms with Gasteiger partial charge in [-0.2, -0.15) is 0 Å². The van der Waals surface area contributed by atoms with Crippen molar-refractivity contribution < 1.29 is 28.7 Å². The molecule has 9 heteroatoms. The second-order valence-electron chi connectivity index (χ2n) is 13.7. The third-order valence-electron chi connectivity index (χ3n) is 9.83. The minimum absolute atomic E-state index is 0.0105. The van der Waals surface area contributed by atoms with E-state index in [2.05, 4.69) is 29.7 Å². The van der Waals surface area contributed by atoms with Gasteiger partial charge in [0.1, 0.15) is 12.7 Å². The van der Waals surface area contributed by atoms with E-state index >= 15 is 0 Å². The van der Waals surface area contributed by atoms with E-state index in [1.807, 2.05) is 57.2 Å². The van der Waals surface area contributed by atoms with E-state index in [4.69, 9.17) is 9.47 Å². The number of benzene rings is 1. The summed E-state index contributed by atoms with van der Waals surface area (Å²) in [6, 6.07) is 8.97. The summed E-state index contributed by atoms with van der Waals surface area (Å²) < 4.78 is 11.3. The molecule has 4 amide bonds. The molecule has 9 nitrogen and oxygen atoms in total. The topological polar surface area (TPSA) is 114 Å². The average Bonchev–Trinajstić information content (AvgIpc) is 3.94. The fraction of sp³-hybridized carbons (Fsp3) is 0.600. The molecule has 0 radical (unpaired) electrons. The van der Waals surface area contributed by atoms with E-state index in [-0.39, 0.29) is 43.0 Å². The van der Waals surface area contributed by atoms with Crippen molar-refractivity contribution in [3.8, 4) is 0 Å². The zero-order valence-electron chi connectivity index (χ0n) is 26.5. The minimum Gasteiger partial charge on any atom is -0.446 e. The normalized spacial score (nSPS) is 25.8. The number of amides is 4. The molecule has 0 aromatic heterocycles. The van der Waals surface area contributed by atoms with Gasteiger partial charge in [-0.3, -0.25) is 9.59 Å². The quantitative estimate of drug-likeness (QED) is 0.300. The Bertz CT molecular complexity index is 1300. The summed E-state index contributed by atoms with van der Waals surface area (Å²) in [5.74, 6) is -0.909. The SMILES string of the molecule is CCCC[C@H](NC(=O)OC1CC1C1C(=O)N(C(=O)OCc2ccccc2)CC1(C)C)C1(C(=O)N[C@H](C)C2=CC=CCC2)CC1. The standard InChI is InChI=1S/C35H47N3O6/c1-5-6-17-28(35(18-19-35)31(40)36-23(2)25-15-11-8-12-16-25)37-32(41)44-27-20-26(27)29-30(39)38(22-34(29,3)4)33(42)43-21-24-13-9-7-10-14-24/h7-11,13-15,23,26-29H,5-6,12,16-22H2,1-4H3,(H,36,40)(H,37,41)/t23-,26?,27?,28+,29?/m1/s1. The van der Waals surface area contributed by atoms with Crippen LogP contribution in [-0.2, 0) is 25.7 Å². The third-order valence-corrected chi connectivity index (χ3v) is 9.83. The monoisotopic (exact) mass is 605 g/mol. The molecule has 1 saturated heterocycles. The number of carbonyl (C=O) groups excluding carboxylic acids is 4. The molecule has 0 spiro atoms. The van der Waals surface area contributed by atoms with Crippen molar-refractivity contribution in [2.75, 3.05) is 6.54 Å². The summed E-state index contributed by atoms with van der Waals surface area (Å²) in [7, 11) is 0. The molecule has 4 aliphatic rings. The Kier molecular flexibility index (Phi) is 9.51. The molecule has 0 bridgehead atoms. The van der Waals surface area contributed by atoms with Crippen LogP contribution in [0.2, 0.25) is 0 Å². The first-order valence-electron chi connectivity index (χ1n) is 16.2. The lowest BCUT2D eigenvalue weighted by Gasteiger charge is -2.29. The van der Waals surface area contributed by atoms with Crippen molar-refractivity contribution >= 4 is 24.0 Å². The molecule has 1 aromatic carbocycles. The van der Waals surface area contributed by atoms with Gasteiger partial charge in [0.2, 0.25) is 11.8 Å². The van der Waals surface area contributed by atoms with Gasteiger partial charge >= 0.3 is 12.2 Å². The summed E-state index contributed by atoms with van der Waals surface area (Å²) in [5.41, 5.74) is 0.949. The molecule has 1 aliphatic heterocycles. The molecular formula is C35H47N3O6. The highest BCUT2D eigenvalue weighted by Gasteiger charge is 2.61. The number of carbonyl (C=O) groups is 4. The van der Waals surface area contributed by atoms with Gasteiger partial charge in [0.05, 0.1) is 11.3 Å². The van der Waals surface area contributed by atoms with Gasteiger partial charge in [-0.05, 0) is 62.0 Å². The van der Waals surface area contributed by atoms with Crippen LogP contribution in [0.1, 0.15) is 84.6 Å². The predicted molar refractivity (Wildman–Crippen MR) is 166 cm³/mol. The average molecular weight is 606 g/mol. The fourth-order valence-electron chi connectivity index (χ4n) is 6.97. The van der Waals surface area contributed by atoms with E-state index in [0.717, 1.165) is 44.1 Å². The molecule has 3 aliphatic carbocycles. The lowest BCUT2D eigenvalue weighted by atomic mass is 9.78. The van der Waals surface area contributed by atoms with Gasteiger partial charge in [0.25, 0.3) is 0 Å². The first kappa shape index (κ1) is 31.8. The Hall–Kier alpha value is -3.62. The highest BCUT2D eigenvalue weighted by atomic mass is 16.6. The van der Waals surface area contributed by atoms with Gasteiger partial charge in [-0.25, -0.2) is 14.5 Å². The Morgan fingerprint density at radius 3 is 2.52 bits per heavy atom. The van der Waals surface area contributed by atoms with Gasteiger partial charge < -0.3 is 20.1 Å². The third kappa shape index (κ3) is 7.02. The van der Waals surface area contributed by atoms with Crippen LogP contribution in [-0.4, -0.2) is 53.6 Å². The second-order valence-corrected chi connectivity index (χ2v) is 13.7. The van der Waals surface area contributed by atoms with Crippen molar-refractivity contribution in [3.63, 3.8) is 0 Å². The molecule has 3 unspecified atom stereocenters. The van der Waals surface area contributed by atoms with Crippen LogP contribution in [0.5, 0.6) is 0 Å². The van der Waals surface area contributed by atoms with Crippen LogP contribution >= 0.6 is 0 Å². The van der Waals surface area contributed by atoms with Gasteiger partial charge in [0, 0.05) is 24.5 Å². The van der Waals surface area contributed by atoms with Crippen molar-refractivity contribution in [1.29, 1.82) is 0 Å². The molecule has 2 N–H and O–H groups in total. The molecule has 5 atom stereocenters. The number of unbranched alkanes of at least 4 members (excludes halogenated alkanes) is 1. The van der Waals surface area contributed by atoms with Crippen molar-refractivity contribution in [1.82, 2.24) is 15.5 Å². The van der Waals surface area contributed by atoms with Gasteiger partial charge in [-0.15, -0.1) is 0 Å². The number of rotatable bonds is 12. The predicted octanol–water partition coefficient (Wildman–Crippen LogP) is 6.04.